The van der Waals surface area contributed by atoms with Crippen molar-refractivity contribution in [3.8, 4) is 0 Å². The largest absolute Gasteiger partial charge is 0.352 e. The number of benzene rings is 1. The maximum absolute atomic E-state index is 13.4. The molecule has 0 aliphatic carbocycles. The Morgan fingerprint density at radius 2 is 2.21 bits per heavy atom. The standard InChI is InChI=1S/C13H13F2N3O/c1-18-8-9(7-17-18)5-6-16-13(19)10-3-2-4-11(14)12(10)15/h2-4,7-8H,5-6H2,1H3,(H,16,19). The fourth-order valence-electron chi connectivity index (χ4n) is 1.70. The summed E-state index contributed by atoms with van der Waals surface area (Å²) in [7, 11) is 1.80. The fourth-order valence-corrected chi connectivity index (χ4v) is 1.70. The van der Waals surface area contributed by atoms with Gasteiger partial charge in [-0.25, -0.2) is 8.78 Å². The zero-order chi connectivity index (χ0) is 13.8. The van der Waals surface area contributed by atoms with Crippen LogP contribution < -0.4 is 5.32 Å². The van der Waals surface area contributed by atoms with E-state index in [2.05, 4.69) is 10.4 Å². The Hall–Kier alpha value is -2.24. The lowest BCUT2D eigenvalue weighted by Gasteiger charge is -2.05. The molecule has 19 heavy (non-hydrogen) atoms. The number of aryl methyl sites for hydroxylation is 1. The van der Waals surface area contributed by atoms with Crippen LogP contribution in [0.15, 0.2) is 30.6 Å². The number of aromatic nitrogens is 2. The third kappa shape index (κ3) is 3.15. The van der Waals surface area contributed by atoms with Crippen molar-refractivity contribution in [2.45, 2.75) is 6.42 Å². The van der Waals surface area contributed by atoms with Crippen molar-refractivity contribution in [1.29, 1.82) is 0 Å². The molecule has 0 saturated heterocycles. The van der Waals surface area contributed by atoms with Crippen molar-refractivity contribution in [3.63, 3.8) is 0 Å². The summed E-state index contributed by atoms with van der Waals surface area (Å²) in [5, 5.41) is 6.53. The molecule has 2 rings (SSSR count). The molecule has 1 aromatic heterocycles. The molecule has 2 aromatic rings. The van der Waals surface area contributed by atoms with Crippen LogP contribution >= 0.6 is 0 Å². The minimum atomic E-state index is -1.12. The second-order valence-electron chi connectivity index (χ2n) is 4.13. The van der Waals surface area contributed by atoms with Crippen LogP contribution in [0.2, 0.25) is 0 Å². The lowest BCUT2D eigenvalue weighted by molar-refractivity contribution is 0.0949. The van der Waals surface area contributed by atoms with E-state index in [1.165, 1.54) is 12.1 Å². The fraction of sp³-hybridized carbons (Fsp3) is 0.231. The number of amides is 1. The maximum atomic E-state index is 13.4. The molecule has 4 nitrogen and oxygen atoms in total. The van der Waals surface area contributed by atoms with Gasteiger partial charge in [0.2, 0.25) is 0 Å². The quantitative estimate of drug-likeness (QED) is 0.914. The molecule has 1 heterocycles. The Morgan fingerprint density at radius 1 is 1.42 bits per heavy atom. The Morgan fingerprint density at radius 3 is 2.89 bits per heavy atom. The molecule has 1 N–H and O–H groups in total. The van der Waals surface area contributed by atoms with Crippen molar-refractivity contribution in [3.05, 3.63) is 53.4 Å². The molecule has 0 atom stereocenters. The van der Waals surface area contributed by atoms with E-state index in [1.54, 1.807) is 17.9 Å². The van der Waals surface area contributed by atoms with Crippen LogP contribution in [0.5, 0.6) is 0 Å². The van der Waals surface area contributed by atoms with Crippen LogP contribution in [0.4, 0.5) is 8.78 Å². The first-order valence-electron chi connectivity index (χ1n) is 5.77. The van der Waals surface area contributed by atoms with E-state index in [0.29, 0.717) is 13.0 Å². The average molecular weight is 265 g/mol. The van der Waals surface area contributed by atoms with Crippen molar-refractivity contribution in [2.75, 3.05) is 6.54 Å². The predicted octanol–water partition coefficient (Wildman–Crippen LogP) is 1.67. The Labute approximate surface area is 109 Å². The minimum Gasteiger partial charge on any atom is -0.352 e. The van der Waals surface area contributed by atoms with E-state index in [1.807, 2.05) is 6.20 Å². The number of halogens is 2. The van der Waals surface area contributed by atoms with Crippen molar-refractivity contribution in [2.24, 2.45) is 7.05 Å². The molecule has 0 fully saturated rings. The van der Waals surface area contributed by atoms with Crippen LogP contribution in [0.25, 0.3) is 0 Å². The van der Waals surface area contributed by atoms with Crippen LogP contribution in [-0.2, 0) is 13.5 Å². The van der Waals surface area contributed by atoms with E-state index in [-0.39, 0.29) is 5.56 Å². The summed E-state index contributed by atoms with van der Waals surface area (Å²) in [5.41, 5.74) is 0.675. The van der Waals surface area contributed by atoms with Crippen LogP contribution in [0.1, 0.15) is 15.9 Å². The molecule has 1 aromatic carbocycles. The van der Waals surface area contributed by atoms with Gasteiger partial charge in [0.25, 0.3) is 5.91 Å². The zero-order valence-corrected chi connectivity index (χ0v) is 10.4. The summed E-state index contributed by atoms with van der Waals surface area (Å²) >= 11 is 0. The van der Waals surface area contributed by atoms with Crippen LogP contribution in [0, 0.1) is 11.6 Å². The number of rotatable bonds is 4. The second kappa shape index (κ2) is 5.60. The van der Waals surface area contributed by atoms with E-state index >= 15 is 0 Å². The summed E-state index contributed by atoms with van der Waals surface area (Å²) in [4.78, 5) is 11.7. The first-order valence-corrected chi connectivity index (χ1v) is 5.77. The molecule has 0 radical (unpaired) electrons. The Kier molecular flexibility index (Phi) is 3.89. The zero-order valence-electron chi connectivity index (χ0n) is 10.4. The molecule has 0 unspecified atom stereocenters. The first kappa shape index (κ1) is 13.2. The topological polar surface area (TPSA) is 46.9 Å². The van der Waals surface area contributed by atoms with Gasteiger partial charge in [0.05, 0.1) is 11.8 Å². The number of hydrogen-bond donors (Lipinski definition) is 1. The van der Waals surface area contributed by atoms with Crippen molar-refractivity contribution < 1.29 is 13.6 Å². The number of carbonyl (C=O) groups is 1. The van der Waals surface area contributed by atoms with Crippen molar-refractivity contribution >= 4 is 5.91 Å². The van der Waals surface area contributed by atoms with Gasteiger partial charge in [0.15, 0.2) is 11.6 Å². The van der Waals surface area contributed by atoms with Crippen LogP contribution in [0.3, 0.4) is 0 Å². The van der Waals surface area contributed by atoms with Crippen molar-refractivity contribution in [1.82, 2.24) is 15.1 Å². The second-order valence-corrected chi connectivity index (χ2v) is 4.13. The summed E-state index contributed by atoms with van der Waals surface area (Å²) in [6.45, 7) is 0.334. The highest BCUT2D eigenvalue weighted by Gasteiger charge is 2.14. The smallest absolute Gasteiger partial charge is 0.254 e. The van der Waals surface area contributed by atoms with Crippen LogP contribution in [-0.4, -0.2) is 22.2 Å². The van der Waals surface area contributed by atoms with Gasteiger partial charge in [-0.15, -0.1) is 0 Å². The van der Waals surface area contributed by atoms with Gasteiger partial charge in [-0.05, 0) is 24.1 Å². The van der Waals surface area contributed by atoms with E-state index in [0.717, 1.165) is 11.6 Å². The Bertz CT molecular complexity index is 595. The third-order valence-electron chi connectivity index (χ3n) is 2.65. The molecule has 6 heteroatoms. The van der Waals surface area contributed by atoms with E-state index in [4.69, 9.17) is 0 Å². The highest BCUT2D eigenvalue weighted by Crippen LogP contribution is 2.11. The molecule has 0 saturated carbocycles. The number of nitrogens with one attached hydrogen (secondary N) is 1. The molecule has 0 aliphatic rings. The molecule has 0 aliphatic heterocycles. The molecule has 0 bridgehead atoms. The highest BCUT2D eigenvalue weighted by molar-refractivity contribution is 5.94. The minimum absolute atomic E-state index is 0.286. The highest BCUT2D eigenvalue weighted by atomic mass is 19.2. The van der Waals surface area contributed by atoms with Gasteiger partial charge in [0, 0.05) is 19.8 Å². The van der Waals surface area contributed by atoms with Gasteiger partial charge in [-0.2, -0.15) is 5.10 Å². The van der Waals surface area contributed by atoms with Gasteiger partial charge in [-0.3, -0.25) is 9.48 Å². The van der Waals surface area contributed by atoms with Gasteiger partial charge >= 0.3 is 0 Å². The lowest BCUT2D eigenvalue weighted by atomic mass is 10.2. The summed E-state index contributed by atoms with van der Waals surface area (Å²) < 4.78 is 28.0. The molecular weight excluding hydrogens is 252 g/mol. The average Bonchev–Trinajstić information content (AvgIpc) is 2.78. The predicted molar refractivity (Wildman–Crippen MR) is 65.6 cm³/mol. The summed E-state index contributed by atoms with van der Waals surface area (Å²) in [5.74, 6) is -2.78. The molecule has 100 valence electrons. The monoisotopic (exact) mass is 265 g/mol. The SMILES string of the molecule is Cn1cc(CCNC(=O)c2cccc(F)c2F)cn1. The Balaban J connectivity index is 1.93. The van der Waals surface area contributed by atoms with E-state index < -0.39 is 17.5 Å². The third-order valence-corrected chi connectivity index (χ3v) is 2.65. The first-order chi connectivity index (χ1) is 9.08. The van der Waals surface area contributed by atoms with Gasteiger partial charge in [-0.1, -0.05) is 6.07 Å². The molecule has 1 amide bonds. The van der Waals surface area contributed by atoms with Gasteiger partial charge in [0.1, 0.15) is 0 Å². The number of hydrogen-bond acceptors (Lipinski definition) is 2. The molecule has 0 spiro atoms. The lowest BCUT2D eigenvalue weighted by Crippen LogP contribution is -2.26. The number of carbonyl (C=O) groups excluding carboxylic acids is 1. The summed E-state index contributed by atoms with van der Waals surface area (Å²) in [6, 6.07) is 3.52. The normalized spacial score (nSPS) is 10.5. The maximum Gasteiger partial charge on any atom is 0.254 e. The number of nitrogens with zero attached hydrogens (tertiary/aromatic N) is 2. The molecular formula is C13H13F2N3O. The van der Waals surface area contributed by atoms with Gasteiger partial charge < -0.3 is 5.32 Å². The van der Waals surface area contributed by atoms with E-state index in [9.17, 15) is 13.6 Å². The summed E-state index contributed by atoms with van der Waals surface area (Å²) in [6.07, 6.45) is 4.10.